The van der Waals surface area contributed by atoms with Gasteiger partial charge in [0.15, 0.2) is 0 Å². The number of ether oxygens (including phenoxy) is 2. The fraction of sp³-hybridized carbons (Fsp3) is 0.238. The second kappa shape index (κ2) is 10.8. The summed E-state index contributed by atoms with van der Waals surface area (Å²) in [6.45, 7) is 1.23. The number of halogens is 3. The predicted octanol–water partition coefficient (Wildman–Crippen LogP) is 6.52. The van der Waals surface area contributed by atoms with Crippen LogP contribution in [-0.4, -0.2) is 36.3 Å². The molecule has 1 heterocycles. The first kappa shape index (κ1) is 23.3. The van der Waals surface area contributed by atoms with Gasteiger partial charge in [0.25, 0.3) is 11.1 Å². The molecule has 1 fully saturated rings. The lowest BCUT2D eigenvalue weighted by molar-refractivity contribution is -0.122. The number of benzene rings is 2. The van der Waals surface area contributed by atoms with E-state index in [1.54, 1.807) is 13.2 Å². The molecule has 5 nitrogen and oxygen atoms in total. The predicted molar refractivity (Wildman–Crippen MR) is 127 cm³/mol. The summed E-state index contributed by atoms with van der Waals surface area (Å²) in [6, 6.07) is 11.1. The fourth-order valence-corrected chi connectivity index (χ4v) is 5.19. The molecule has 2 aromatic rings. The molecular weight excluding hydrogens is 558 g/mol. The van der Waals surface area contributed by atoms with Crippen LogP contribution in [0.1, 0.15) is 17.5 Å². The van der Waals surface area contributed by atoms with Crippen LogP contribution in [-0.2, 0) is 16.1 Å². The van der Waals surface area contributed by atoms with E-state index < -0.39 is 0 Å². The maximum atomic E-state index is 12.6. The smallest absolute Gasteiger partial charge is 0.293 e. The van der Waals surface area contributed by atoms with Crippen molar-refractivity contribution >= 4 is 72.4 Å². The number of carbonyl (C=O) groups excluding carboxylic acids is 2. The van der Waals surface area contributed by atoms with Crippen LogP contribution in [0.4, 0.5) is 4.79 Å². The summed E-state index contributed by atoms with van der Waals surface area (Å²) >= 11 is 13.9. The molecule has 1 aliphatic rings. The van der Waals surface area contributed by atoms with Crippen molar-refractivity contribution in [3.8, 4) is 5.75 Å². The summed E-state index contributed by atoms with van der Waals surface area (Å²) in [7, 11) is 1.59. The Hall–Kier alpha value is -1.32. The van der Waals surface area contributed by atoms with E-state index in [0.29, 0.717) is 41.9 Å². The fourth-order valence-electron chi connectivity index (χ4n) is 2.75. The Balaban J connectivity index is 1.72. The van der Waals surface area contributed by atoms with Crippen LogP contribution in [0.15, 0.2) is 50.2 Å². The zero-order valence-corrected chi connectivity index (χ0v) is 20.7. The molecule has 3 rings (SSSR count). The van der Waals surface area contributed by atoms with E-state index in [0.717, 1.165) is 31.8 Å². The highest BCUT2D eigenvalue weighted by atomic mass is 79.9. The minimum Gasteiger partial charge on any atom is -0.487 e. The quantitative estimate of drug-likeness (QED) is 0.265. The van der Waals surface area contributed by atoms with Crippen molar-refractivity contribution in [1.29, 1.82) is 0 Å². The minimum atomic E-state index is -0.281. The molecule has 0 bridgehead atoms. The number of imide groups is 1. The van der Waals surface area contributed by atoms with Crippen molar-refractivity contribution in [3.63, 3.8) is 0 Å². The summed E-state index contributed by atoms with van der Waals surface area (Å²) in [4.78, 5) is 26.3. The Morgan fingerprint density at radius 1 is 1.13 bits per heavy atom. The van der Waals surface area contributed by atoms with Gasteiger partial charge in [0, 0.05) is 25.3 Å². The van der Waals surface area contributed by atoms with Gasteiger partial charge in [-0.1, -0.05) is 23.7 Å². The molecule has 0 aliphatic carbocycles. The van der Waals surface area contributed by atoms with Gasteiger partial charge < -0.3 is 9.47 Å². The molecule has 1 saturated heterocycles. The molecule has 2 amide bonds. The van der Waals surface area contributed by atoms with E-state index in [9.17, 15) is 9.59 Å². The van der Waals surface area contributed by atoms with Crippen LogP contribution in [0.5, 0.6) is 5.75 Å². The molecule has 0 saturated carbocycles. The summed E-state index contributed by atoms with van der Waals surface area (Å²) < 4.78 is 12.4. The Morgan fingerprint density at radius 2 is 1.80 bits per heavy atom. The molecule has 0 spiro atoms. The summed E-state index contributed by atoms with van der Waals surface area (Å²) in [6.07, 6.45) is 2.32. The highest BCUT2D eigenvalue weighted by molar-refractivity contribution is 9.11. The Labute approximate surface area is 201 Å². The van der Waals surface area contributed by atoms with E-state index in [2.05, 4.69) is 31.9 Å². The third-order valence-corrected chi connectivity index (χ3v) is 6.56. The summed E-state index contributed by atoms with van der Waals surface area (Å²) in [5.74, 6) is 0.367. The van der Waals surface area contributed by atoms with E-state index >= 15 is 0 Å². The minimum absolute atomic E-state index is 0.261. The molecule has 0 unspecified atom stereocenters. The summed E-state index contributed by atoms with van der Waals surface area (Å²) in [5, 5.41) is 0.414. The van der Waals surface area contributed by atoms with E-state index in [1.807, 2.05) is 36.4 Å². The van der Waals surface area contributed by atoms with Crippen molar-refractivity contribution in [2.75, 3.05) is 20.3 Å². The van der Waals surface area contributed by atoms with Crippen molar-refractivity contribution in [2.24, 2.45) is 0 Å². The number of amides is 2. The number of carbonyl (C=O) groups is 2. The summed E-state index contributed by atoms with van der Waals surface area (Å²) in [5.41, 5.74) is 1.76. The molecular formula is C21H18Br2ClNO4S. The molecule has 0 radical (unpaired) electrons. The van der Waals surface area contributed by atoms with Gasteiger partial charge in [-0.05, 0) is 91.5 Å². The second-order valence-corrected chi connectivity index (χ2v) is 9.55. The highest BCUT2D eigenvalue weighted by Gasteiger charge is 2.34. The maximum Gasteiger partial charge on any atom is 0.293 e. The van der Waals surface area contributed by atoms with Gasteiger partial charge in [-0.15, -0.1) is 0 Å². The number of rotatable bonds is 8. The lowest BCUT2D eigenvalue weighted by Gasteiger charge is -2.12. The Bertz CT molecular complexity index is 958. The van der Waals surface area contributed by atoms with E-state index in [1.165, 1.54) is 4.90 Å². The first-order valence-electron chi connectivity index (χ1n) is 8.99. The topological polar surface area (TPSA) is 55.8 Å². The molecule has 2 aromatic carbocycles. The lowest BCUT2D eigenvalue weighted by Crippen LogP contribution is -2.29. The third kappa shape index (κ3) is 5.88. The molecule has 0 aromatic heterocycles. The van der Waals surface area contributed by atoms with Gasteiger partial charge in [0.1, 0.15) is 12.4 Å². The maximum absolute atomic E-state index is 12.6. The van der Waals surface area contributed by atoms with Crippen LogP contribution >= 0.6 is 55.2 Å². The number of methoxy groups -OCH3 is 1. The lowest BCUT2D eigenvalue weighted by atomic mass is 10.2. The molecule has 0 N–H and O–H groups in total. The largest absolute Gasteiger partial charge is 0.487 e. The van der Waals surface area contributed by atoms with Crippen LogP contribution in [0.25, 0.3) is 6.08 Å². The molecule has 9 heteroatoms. The molecule has 0 atom stereocenters. The van der Waals surface area contributed by atoms with Gasteiger partial charge in [0.05, 0.1) is 13.9 Å². The van der Waals surface area contributed by atoms with Gasteiger partial charge in [-0.2, -0.15) is 0 Å². The number of nitrogens with zero attached hydrogens (tertiary/aromatic N) is 1. The van der Waals surface area contributed by atoms with Gasteiger partial charge in [0.2, 0.25) is 0 Å². The average molecular weight is 576 g/mol. The normalized spacial score (nSPS) is 15.3. The number of thioether (sulfide) groups is 1. The first-order valence-corrected chi connectivity index (χ1v) is 11.8. The molecule has 1 aliphatic heterocycles. The zero-order valence-electron chi connectivity index (χ0n) is 16.0. The molecule has 30 heavy (non-hydrogen) atoms. The van der Waals surface area contributed by atoms with Crippen molar-refractivity contribution in [2.45, 2.75) is 13.0 Å². The van der Waals surface area contributed by atoms with Crippen LogP contribution in [0.3, 0.4) is 0 Å². The average Bonchev–Trinajstić information content (AvgIpc) is 2.96. The third-order valence-electron chi connectivity index (χ3n) is 4.22. The Kier molecular flexibility index (Phi) is 8.42. The van der Waals surface area contributed by atoms with Crippen molar-refractivity contribution in [3.05, 3.63) is 66.4 Å². The first-order chi connectivity index (χ1) is 14.4. The van der Waals surface area contributed by atoms with Gasteiger partial charge in [-0.25, -0.2) is 0 Å². The monoisotopic (exact) mass is 573 g/mol. The van der Waals surface area contributed by atoms with E-state index in [-0.39, 0.29) is 11.1 Å². The van der Waals surface area contributed by atoms with Gasteiger partial charge in [-0.3, -0.25) is 14.5 Å². The zero-order chi connectivity index (χ0) is 21.7. The second-order valence-electron chi connectivity index (χ2n) is 6.41. The van der Waals surface area contributed by atoms with Gasteiger partial charge >= 0.3 is 0 Å². The number of hydrogen-bond donors (Lipinski definition) is 0. The van der Waals surface area contributed by atoms with E-state index in [4.69, 9.17) is 21.1 Å². The highest BCUT2D eigenvalue weighted by Crippen LogP contribution is 2.38. The van der Waals surface area contributed by atoms with Crippen molar-refractivity contribution < 1.29 is 19.1 Å². The van der Waals surface area contributed by atoms with Crippen molar-refractivity contribution in [1.82, 2.24) is 4.90 Å². The van der Waals surface area contributed by atoms with Crippen LogP contribution in [0.2, 0.25) is 5.02 Å². The Morgan fingerprint density at radius 3 is 2.43 bits per heavy atom. The SMILES string of the molecule is COCCCN1C(=O)S/C(=C/c2cc(Br)c(OCc3ccc(Cl)cc3)c(Br)c2)C1=O. The standard InChI is InChI=1S/C21H18Br2ClNO4S/c1-28-8-2-7-25-20(26)18(30-21(25)27)11-14-9-16(22)19(17(23)10-14)29-12-13-3-5-15(24)6-4-13/h3-6,9-11H,2,7-8,12H2,1H3/b18-11+. The van der Waals surface area contributed by atoms with Crippen LogP contribution in [0, 0.1) is 0 Å². The molecule has 158 valence electrons. The number of hydrogen-bond acceptors (Lipinski definition) is 5. The van der Waals surface area contributed by atoms with Crippen LogP contribution < -0.4 is 4.74 Å².